The number of nitrogens with one attached hydrogen (secondary N) is 2. The zero-order valence-corrected chi connectivity index (χ0v) is 19.2. The van der Waals surface area contributed by atoms with E-state index in [4.69, 9.17) is 9.73 Å². The summed E-state index contributed by atoms with van der Waals surface area (Å²) in [5.41, 5.74) is 1.36. The number of hydrogen-bond acceptors (Lipinski definition) is 4. The van der Waals surface area contributed by atoms with Crippen molar-refractivity contribution in [3.8, 4) is 0 Å². The summed E-state index contributed by atoms with van der Waals surface area (Å²) >= 11 is 0. The maximum Gasteiger partial charge on any atom is 0.191 e. The molecule has 0 aliphatic carbocycles. The monoisotopic (exact) mass is 489 g/mol. The number of hydrogen-bond donors (Lipinski definition) is 2. The zero-order chi connectivity index (χ0) is 18.5. The van der Waals surface area contributed by atoms with Gasteiger partial charge in [0.15, 0.2) is 5.96 Å². The molecule has 0 bridgehead atoms. The van der Waals surface area contributed by atoms with E-state index in [1.165, 1.54) is 5.56 Å². The molecule has 0 radical (unpaired) electrons. The van der Waals surface area contributed by atoms with Crippen LogP contribution in [0, 0.1) is 0 Å². The topological polar surface area (TPSA) is 52.1 Å². The third-order valence-electron chi connectivity index (χ3n) is 4.43. The lowest BCUT2D eigenvalue weighted by molar-refractivity contribution is 0.0389. The van der Waals surface area contributed by atoms with Crippen molar-refractivity contribution in [3.05, 3.63) is 35.9 Å². The van der Waals surface area contributed by atoms with E-state index in [1.54, 1.807) is 0 Å². The first-order valence-electron chi connectivity index (χ1n) is 9.82. The molecule has 1 aromatic carbocycles. The van der Waals surface area contributed by atoms with Gasteiger partial charge in [-0.05, 0) is 32.5 Å². The highest BCUT2D eigenvalue weighted by molar-refractivity contribution is 14.0. The fraction of sp³-hybridized carbons (Fsp3) is 0.650. The number of morpholine rings is 1. The lowest BCUT2D eigenvalue weighted by Gasteiger charge is -2.26. The van der Waals surface area contributed by atoms with Crippen LogP contribution in [-0.4, -0.2) is 81.8 Å². The highest BCUT2D eigenvalue weighted by atomic mass is 127. The van der Waals surface area contributed by atoms with E-state index in [0.717, 1.165) is 78.0 Å². The van der Waals surface area contributed by atoms with Gasteiger partial charge in [-0.15, -0.1) is 24.0 Å². The number of halogens is 1. The lowest BCUT2D eigenvalue weighted by Crippen LogP contribution is -2.44. The summed E-state index contributed by atoms with van der Waals surface area (Å²) in [5.74, 6) is 0.923. The minimum absolute atomic E-state index is 0. The van der Waals surface area contributed by atoms with Gasteiger partial charge in [-0.3, -0.25) is 9.89 Å². The molecule has 1 saturated heterocycles. The van der Waals surface area contributed by atoms with E-state index in [1.807, 2.05) is 0 Å². The second-order valence-corrected chi connectivity index (χ2v) is 6.72. The number of guanidine groups is 1. The van der Waals surface area contributed by atoms with Crippen LogP contribution in [0.1, 0.15) is 18.9 Å². The third-order valence-corrected chi connectivity index (χ3v) is 4.43. The standard InChI is InChI=1S/C20H35N5O.HI/c1-3-21-20(23-11-13-25-14-16-26-17-15-25)22-10-7-12-24(2)18-19-8-5-4-6-9-19;/h4-6,8-9H,3,7,10-18H2,1-2H3,(H2,21,22,23);1H. The van der Waals surface area contributed by atoms with E-state index in [-0.39, 0.29) is 24.0 Å². The maximum absolute atomic E-state index is 5.39. The molecule has 7 heteroatoms. The van der Waals surface area contributed by atoms with E-state index >= 15 is 0 Å². The van der Waals surface area contributed by atoms with E-state index < -0.39 is 0 Å². The molecule has 2 rings (SSSR count). The predicted molar refractivity (Wildman–Crippen MR) is 124 cm³/mol. The summed E-state index contributed by atoms with van der Waals surface area (Å²) in [6.07, 6.45) is 1.06. The van der Waals surface area contributed by atoms with Gasteiger partial charge in [0.1, 0.15) is 0 Å². The van der Waals surface area contributed by atoms with Gasteiger partial charge in [0.05, 0.1) is 13.2 Å². The molecule has 1 aliphatic rings. The summed E-state index contributed by atoms with van der Waals surface area (Å²) in [6.45, 7) is 11.6. The predicted octanol–water partition coefficient (Wildman–Crippen LogP) is 2.01. The lowest BCUT2D eigenvalue weighted by atomic mass is 10.2. The molecule has 1 heterocycles. The third kappa shape index (κ3) is 10.9. The quantitative estimate of drug-likeness (QED) is 0.228. The van der Waals surface area contributed by atoms with Crippen molar-refractivity contribution >= 4 is 29.9 Å². The Balaban J connectivity index is 0.00000364. The number of aliphatic imine (C=N–C) groups is 1. The molecule has 2 N–H and O–H groups in total. The first-order chi connectivity index (χ1) is 12.8. The Hall–Kier alpha value is -0.900. The first-order valence-corrected chi connectivity index (χ1v) is 9.82. The Morgan fingerprint density at radius 2 is 1.93 bits per heavy atom. The van der Waals surface area contributed by atoms with Crippen LogP contribution >= 0.6 is 24.0 Å². The number of ether oxygens (including phenoxy) is 1. The van der Waals surface area contributed by atoms with Crippen molar-refractivity contribution in [2.75, 3.05) is 66.1 Å². The molecule has 154 valence electrons. The summed E-state index contributed by atoms with van der Waals surface area (Å²) in [5, 5.41) is 6.77. The molecular weight excluding hydrogens is 453 g/mol. The highest BCUT2D eigenvalue weighted by Crippen LogP contribution is 2.02. The fourth-order valence-corrected chi connectivity index (χ4v) is 3.00. The van der Waals surface area contributed by atoms with E-state index in [2.05, 4.69) is 64.7 Å². The second-order valence-electron chi connectivity index (χ2n) is 6.72. The molecule has 0 aromatic heterocycles. The number of benzene rings is 1. The van der Waals surface area contributed by atoms with Crippen molar-refractivity contribution in [2.24, 2.45) is 4.99 Å². The number of rotatable bonds is 10. The summed E-state index contributed by atoms with van der Waals surface area (Å²) in [7, 11) is 2.17. The largest absolute Gasteiger partial charge is 0.379 e. The Kier molecular flexibility index (Phi) is 13.5. The van der Waals surface area contributed by atoms with Crippen molar-refractivity contribution in [1.29, 1.82) is 0 Å². The molecule has 1 aliphatic heterocycles. The van der Waals surface area contributed by atoms with Crippen LogP contribution in [0.25, 0.3) is 0 Å². The highest BCUT2D eigenvalue weighted by Gasteiger charge is 2.09. The minimum atomic E-state index is 0. The Morgan fingerprint density at radius 3 is 2.63 bits per heavy atom. The average Bonchev–Trinajstić information content (AvgIpc) is 2.67. The Bertz CT molecular complexity index is 508. The molecule has 0 atom stereocenters. The van der Waals surface area contributed by atoms with Crippen LogP contribution in [0.2, 0.25) is 0 Å². The smallest absolute Gasteiger partial charge is 0.191 e. The summed E-state index contributed by atoms with van der Waals surface area (Å²) < 4.78 is 5.39. The van der Waals surface area contributed by atoms with Crippen molar-refractivity contribution in [2.45, 2.75) is 19.9 Å². The zero-order valence-electron chi connectivity index (χ0n) is 16.8. The van der Waals surface area contributed by atoms with Crippen molar-refractivity contribution in [1.82, 2.24) is 20.4 Å². The van der Waals surface area contributed by atoms with Gasteiger partial charge in [0.25, 0.3) is 0 Å². The molecule has 1 fully saturated rings. The van der Waals surface area contributed by atoms with Gasteiger partial charge in [0, 0.05) is 45.8 Å². The maximum atomic E-state index is 5.39. The molecule has 0 spiro atoms. The van der Waals surface area contributed by atoms with Crippen LogP contribution in [0.4, 0.5) is 0 Å². The van der Waals surface area contributed by atoms with Crippen LogP contribution in [0.15, 0.2) is 35.3 Å². The van der Waals surface area contributed by atoms with Gasteiger partial charge in [-0.2, -0.15) is 0 Å². The molecule has 27 heavy (non-hydrogen) atoms. The normalized spacial score (nSPS) is 15.4. The van der Waals surface area contributed by atoms with Crippen molar-refractivity contribution < 1.29 is 4.74 Å². The second kappa shape index (κ2) is 15.1. The molecule has 6 nitrogen and oxygen atoms in total. The Morgan fingerprint density at radius 1 is 1.19 bits per heavy atom. The molecule has 1 aromatic rings. The van der Waals surface area contributed by atoms with Crippen LogP contribution < -0.4 is 10.6 Å². The molecule has 0 amide bonds. The minimum Gasteiger partial charge on any atom is -0.379 e. The van der Waals surface area contributed by atoms with Gasteiger partial charge in [-0.25, -0.2) is 0 Å². The van der Waals surface area contributed by atoms with E-state index in [0.29, 0.717) is 0 Å². The van der Waals surface area contributed by atoms with Gasteiger partial charge in [0.2, 0.25) is 0 Å². The summed E-state index contributed by atoms with van der Waals surface area (Å²) in [6, 6.07) is 10.6. The van der Waals surface area contributed by atoms with Crippen molar-refractivity contribution in [3.63, 3.8) is 0 Å². The average molecular weight is 489 g/mol. The van der Waals surface area contributed by atoms with E-state index in [9.17, 15) is 0 Å². The van der Waals surface area contributed by atoms with Gasteiger partial charge >= 0.3 is 0 Å². The number of nitrogens with zero attached hydrogens (tertiary/aromatic N) is 3. The molecule has 0 saturated carbocycles. The van der Waals surface area contributed by atoms with Crippen LogP contribution in [-0.2, 0) is 11.3 Å². The Labute approximate surface area is 181 Å². The van der Waals surface area contributed by atoms with Gasteiger partial charge < -0.3 is 20.3 Å². The van der Waals surface area contributed by atoms with Gasteiger partial charge in [-0.1, -0.05) is 30.3 Å². The molecule has 0 unspecified atom stereocenters. The SMILES string of the molecule is CCNC(=NCCCN(C)Cc1ccccc1)NCCN1CCOCC1.I. The molecular formula is C20H36IN5O. The van der Waals surface area contributed by atoms with Crippen LogP contribution in [0.3, 0.4) is 0 Å². The first kappa shape index (κ1) is 24.1. The van der Waals surface area contributed by atoms with Crippen LogP contribution in [0.5, 0.6) is 0 Å². The summed E-state index contributed by atoms with van der Waals surface area (Å²) in [4.78, 5) is 9.48. The fourth-order valence-electron chi connectivity index (χ4n) is 3.00.